The van der Waals surface area contributed by atoms with Crippen LogP contribution in [0.5, 0.6) is 0 Å². The lowest BCUT2D eigenvalue weighted by molar-refractivity contribution is -0.139. The van der Waals surface area contributed by atoms with E-state index in [-0.39, 0.29) is 54.0 Å². The minimum Gasteiger partial charge on any atom is -0.367 e. The van der Waals surface area contributed by atoms with E-state index in [9.17, 15) is 19.2 Å². The quantitative estimate of drug-likeness (QED) is 0.685. The summed E-state index contributed by atoms with van der Waals surface area (Å²) in [4.78, 5) is 52.6. The van der Waals surface area contributed by atoms with Crippen LogP contribution in [-0.2, 0) is 19.1 Å². The smallest absolute Gasteiger partial charge is 0.251 e. The second-order valence-corrected chi connectivity index (χ2v) is 9.87. The molecule has 2 saturated heterocycles. The number of fused-ring (bicyclic) bond motifs is 1. The van der Waals surface area contributed by atoms with Crippen LogP contribution < -0.4 is 10.6 Å². The molecule has 3 amide bonds. The average molecular weight is 456 g/mol. The topological polar surface area (TPSA) is 105 Å². The van der Waals surface area contributed by atoms with Gasteiger partial charge in [0.05, 0.1) is 6.10 Å². The van der Waals surface area contributed by atoms with E-state index in [4.69, 9.17) is 4.74 Å². The van der Waals surface area contributed by atoms with E-state index in [1.807, 2.05) is 20.8 Å². The Kier molecular flexibility index (Phi) is 6.83. The van der Waals surface area contributed by atoms with Crippen LogP contribution in [-0.4, -0.2) is 59.7 Å². The van der Waals surface area contributed by atoms with E-state index in [0.29, 0.717) is 17.8 Å². The normalized spacial score (nSPS) is 25.9. The molecule has 4 rings (SSSR count). The Balaban J connectivity index is 1.49. The molecule has 8 heteroatoms. The Labute approximate surface area is 194 Å². The number of nitrogens with zero attached hydrogens (tertiary/aromatic N) is 1. The fourth-order valence-electron chi connectivity index (χ4n) is 5.19. The molecule has 1 aromatic rings. The number of benzene rings is 1. The summed E-state index contributed by atoms with van der Waals surface area (Å²) < 4.78 is 5.63. The number of carbonyl (C=O) groups excluding carboxylic acids is 4. The van der Waals surface area contributed by atoms with Crippen LogP contribution in [0.3, 0.4) is 0 Å². The second-order valence-electron chi connectivity index (χ2n) is 9.87. The highest BCUT2D eigenvalue weighted by Crippen LogP contribution is 2.34. The lowest BCUT2D eigenvalue weighted by Crippen LogP contribution is -2.54. The first-order valence-corrected chi connectivity index (χ1v) is 11.9. The molecule has 33 heavy (non-hydrogen) atoms. The number of ether oxygens (including phenoxy) is 1. The first kappa shape index (κ1) is 23.4. The highest BCUT2D eigenvalue weighted by molar-refractivity contribution is 6.00. The Hall–Kier alpha value is -2.74. The van der Waals surface area contributed by atoms with Gasteiger partial charge in [0.1, 0.15) is 18.7 Å². The van der Waals surface area contributed by atoms with Crippen LogP contribution >= 0.6 is 0 Å². The average Bonchev–Trinajstić information content (AvgIpc) is 3.52. The van der Waals surface area contributed by atoms with E-state index in [1.54, 1.807) is 29.2 Å². The van der Waals surface area contributed by atoms with Crippen molar-refractivity contribution in [3.05, 3.63) is 29.8 Å². The zero-order valence-electron chi connectivity index (χ0n) is 19.5. The molecule has 0 radical (unpaired) electrons. The lowest BCUT2D eigenvalue weighted by Gasteiger charge is -2.30. The zero-order valence-corrected chi connectivity index (χ0v) is 19.5. The maximum atomic E-state index is 13.6. The standard InChI is InChI=1S/C25H33N3O5/c1-14(2)23(30)26-18-10-8-17(9-11-18)24(31)27-20(16-6-4-5-7-16)25(32)28-12-15(3)22-21(28)19(29)13-33-22/h8-11,14-16,20-22H,4-7,12-13H2,1-3H3,(H,26,30)(H,27,31)/t15-,20+,21-,22-/m1/s1. The van der Waals surface area contributed by atoms with Crippen LogP contribution in [0.1, 0.15) is 56.8 Å². The Morgan fingerprint density at radius 2 is 1.76 bits per heavy atom. The first-order chi connectivity index (χ1) is 15.8. The monoisotopic (exact) mass is 455 g/mol. The van der Waals surface area contributed by atoms with Crippen molar-refractivity contribution >= 4 is 29.2 Å². The van der Waals surface area contributed by atoms with Crippen LogP contribution in [0.4, 0.5) is 5.69 Å². The molecule has 1 aromatic carbocycles. The predicted molar refractivity (Wildman–Crippen MR) is 123 cm³/mol. The molecule has 2 aliphatic heterocycles. The number of likely N-dealkylation sites (tertiary alicyclic amines) is 1. The first-order valence-electron chi connectivity index (χ1n) is 11.9. The zero-order chi connectivity index (χ0) is 23.7. The molecule has 0 bridgehead atoms. The van der Waals surface area contributed by atoms with Crippen LogP contribution in [0, 0.1) is 17.8 Å². The third kappa shape index (κ3) is 4.81. The van der Waals surface area contributed by atoms with E-state index < -0.39 is 12.1 Å². The van der Waals surface area contributed by atoms with E-state index in [1.165, 1.54) is 0 Å². The van der Waals surface area contributed by atoms with Gasteiger partial charge in [-0.05, 0) is 43.0 Å². The van der Waals surface area contributed by atoms with Gasteiger partial charge in [-0.25, -0.2) is 0 Å². The highest BCUT2D eigenvalue weighted by atomic mass is 16.5. The molecule has 1 saturated carbocycles. The van der Waals surface area contributed by atoms with Crippen LogP contribution in [0.15, 0.2) is 24.3 Å². The van der Waals surface area contributed by atoms with Gasteiger partial charge in [0.15, 0.2) is 5.78 Å². The van der Waals surface area contributed by atoms with Crippen molar-refractivity contribution in [3.8, 4) is 0 Å². The Morgan fingerprint density at radius 1 is 1.09 bits per heavy atom. The maximum Gasteiger partial charge on any atom is 0.251 e. The molecule has 2 N–H and O–H groups in total. The summed E-state index contributed by atoms with van der Waals surface area (Å²) in [5.74, 6) is -0.682. The molecule has 8 nitrogen and oxygen atoms in total. The Morgan fingerprint density at radius 3 is 2.39 bits per heavy atom. The summed E-state index contributed by atoms with van der Waals surface area (Å²) in [5, 5.41) is 5.77. The fourth-order valence-corrected chi connectivity index (χ4v) is 5.19. The third-order valence-electron chi connectivity index (χ3n) is 7.09. The van der Waals surface area contributed by atoms with Crippen molar-refractivity contribution in [2.45, 2.75) is 64.6 Å². The van der Waals surface area contributed by atoms with Gasteiger partial charge in [0.25, 0.3) is 5.91 Å². The number of ketones is 1. The third-order valence-corrected chi connectivity index (χ3v) is 7.09. The number of amides is 3. The van der Waals surface area contributed by atoms with Gasteiger partial charge in [0.2, 0.25) is 11.8 Å². The van der Waals surface area contributed by atoms with Gasteiger partial charge in [-0.1, -0.05) is 33.6 Å². The van der Waals surface area contributed by atoms with Crippen molar-refractivity contribution in [2.24, 2.45) is 17.8 Å². The molecular weight excluding hydrogens is 422 g/mol. The van der Waals surface area contributed by atoms with Crippen LogP contribution in [0.25, 0.3) is 0 Å². The van der Waals surface area contributed by atoms with Crippen molar-refractivity contribution in [3.63, 3.8) is 0 Å². The van der Waals surface area contributed by atoms with Gasteiger partial charge in [-0.15, -0.1) is 0 Å². The van der Waals surface area contributed by atoms with Gasteiger partial charge < -0.3 is 20.3 Å². The number of Topliss-reactive ketones (excluding diaryl/α,β-unsaturated/α-hetero) is 1. The SMILES string of the molecule is CC(C)C(=O)Nc1ccc(C(=O)N[C@H](C(=O)N2C[C@@H](C)[C@H]3OCC(=O)[C@H]32)C2CCCC2)cc1. The van der Waals surface area contributed by atoms with Crippen molar-refractivity contribution in [1.29, 1.82) is 0 Å². The van der Waals surface area contributed by atoms with Gasteiger partial charge >= 0.3 is 0 Å². The number of hydrogen-bond donors (Lipinski definition) is 2. The highest BCUT2D eigenvalue weighted by Gasteiger charge is 2.52. The van der Waals surface area contributed by atoms with E-state index in [2.05, 4.69) is 10.6 Å². The summed E-state index contributed by atoms with van der Waals surface area (Å²) in [6.45, 7) is 6.12. The summed E-state index contributed by atoms with van der Waals surface area (Å²) in [7, 11) is 0. The number of hydrogen-bond acceptors (Lipinski definition) is 5. The minimum atomic E-state index is -0.667. The molecule has 1 aliphatic carbocycles. The van der Waals surface area contributed by atoms with Crippen molar-refractivity contribution in [2.75, 3.05) is 18.5 Å². The molecule has 2 heterocycles. The van der Waals surface area contributed by atoms with E-state index >= 15 is 0 Å². The number of nitrogens with one attached hydrogen (secondary N) is 2. The molecular formula is C25H33N3O5. The maximum absolute atomic E-state index is 13.6. The summed E-state index contributed by atoms with van der Waals surface area (Å²) in [5.41, 5.74) is 1.03. The molecule has 0 aromatic heterocycles. The van der Waals surface area contributed by atoms with Gasteiger partial charge in [0, 0.05) is 29.6 Å². The summed E-state index contributed by atoms with van der Waals surface area (Å²) in [6, 6.07) is 5.44. The lowest BCUT2D eigenvalue weighted by atomic mass is 9.95. The molecule has 0 spiro atoms. The van der Waals surface area contributed by atoms with Crippen LogP contribution in [0.2, 0.25) is 0 Å². The summed E-state index contributed by atoms with van der Waals surface area (Å²) >= 11 is 0. The van der Waals surface area contributed by atoms with Gasteiger partial charge in [-0.2, -0.15) is 0 Å². The Bertz CT molecular complexity index is 922. The fraction of sp³-hybridized carbons (Fsp3) is 0.600. The molecule has 0 unspecified atom stereocenters. The molecule has 4 atom stereocenters. The van der Waals surface area contributed by atoms with Crippen molar-refractivity contribution < 1.29 is 23.9 Å². The summed E-state index contributed by atoms with van der Waals surface area (Å²) in [6.07, 6.45) is 3.55. The van der Waals surface area contributed by atoms with Crippen molar-refractivity contribution in [1.82, 2.24) is 10.2 Å². The largest absolute Gasteiger partial charge is 0.367 e. The molecule has 3 aliphatic rings. The second kappa shape index (κ2) is 9.63. The molecule has 3 fully saturated rings. The molecule has 178 valence electrons. The minimum absolute atomic E-state index is 0.0452. The van der Waals surface area contributed by atoms with Gasteiger partial charge in [-0.3, -0.25) is 19.2 Å². The number of rotatable bonds is 6. The number of carbonyl (C=O) groups is 4. The number of anilines is 1. The predicted octanol–water partition coefficient (Wildman–Crippen LogP) is 2.38. The van der Waals surface area contributed by atoms with E-state index in [0.717, 1.165) is 25.7 Å².